The average molecular weight is 294 g/mol. The standard InChI is InChI=1S/C15H20ClN3O/c16-14-7-12(13(17)8-18-14)15(20)19-6-5-10-3-1-2-4-11(10)9-19/h7-8,10-11H,1-6,9,17H2. The minimum absolute atomic E-state index is 0.00387. The Morgan fingerprint density at radius 2 is 2.05 bits per heavy atom. The van der Waals surface area contributed by atoms with Crippen LogP contribution >= 0.6 is 11.6 Å². The molecule has 0 spiro atoms. The number of likely N-dealkylation sites (tertiary alicyclic amines) is 1. The molecule has 5 heteroatoms. The van der Waals surface area contributed by atoms with E-state index in [1.807, 2.05) is 4.90 Å². The van der Waals surface area contributed by atoms with Gasteiger partial charge in [0.05, 0.1) is 17.4 Å². The van der Waals surface area contributed by atoms with E-state index < -0.39 is 0 Å². The Kier molecular flexibility index (Phi) is 3.83. The number of carbonyl (C=O) groups is 1. The highest BCUT2D eigenvalue weighted by atomic mass is 35.5. The number of fused-ring (bicyclic) bond motifs is 1. The Bertz CT molecular complexity index is 520. The van der Waals surface area contributed by atoms with Gasteiger partial charge in [-0.15, -0.1) is 0 Å². The predicted octanol–water partition coefficient (Wildman–Crippen LogP) is 2.97. The molecule has 1 saturated heterocycles. The van der Waals surface area contributed by atoms with E-state index in [4.69, 9.17) is 17.3 Å². The lowest BCUT2D eigenvalue weighted by Gasteiger charge is -2.41. The summed E-state index contributed by atoms with van der Waals surface area (Å²) in [5, 5.41) is 0.315. The predicted molar refractivity (Wildman–Crippen MR) is 79.6 cm³/mol. The van der Waals surface area contributed by atoms with Crippen LogP contribution in [0.3, 0.4) is 0 Å². The molecule has 108 valence electrons. The third-order valence-corrected chi connectivity index (χ3v) is 4.92. The summed E-state index contributed by atoms with van der Waals surface area (Å²) in [6.07, 6.45) is 7.81. The lowest BCUT2D eigenvalue weighted by Crippen LogP contribution is -2.44. The molecule has 3 rings (SSSR count). The molecule has 20 heavy (non-hydrogen) atoms. The maximum absolute atomic E-state index is 12.6. The van der Waals surface area contributed by atoms with Crippen LogP contribution < -0.4 is 5.73 Å². The number of nitrogen functional groups attached to an aromatic ring is 1. The van der Waals surface area contributed by atoms with E-state index in [1.165, 1.54) is 31.9 Å². The van der Waals surface area contributed by atoms with Gasteiger partial charge in [-0.05, 0) is 30.7 Å². The topological polar surface area (TPSA) is 59.2 Å². The van der Waals surface area contributed by atoms with Crippen molar-refractivity contribution in [1.29, 1.82) is 0 Å². The average Bonchev–Trinajstić information content (AvgIpc) is 2.48. The van der Waals surface area contributed by atoms with Crippen LogP contribution in [-0.4, -0.2) is 28.9 Å². The van der Waals surface area contributed by atoms with Gasteiger partial charge in [0.2, 0.25) is 0 Å². The molecule has 2 aliphatic rings. The first-order valence-electron chi connectivity index (χ1n) is 7.35. The van der Waals surface area contributed by atoms with E-state index in [-0.39, 0.29) is 5.91 Å². The number of halogens is 1. The first kappa shape index (κ1) is 13.7. The maximum Gasteiger partial charge on any atom is 0.256 e. The number of carbonyl (C=O) groups excluding carboxylic acids is 1. The fourth-order valence-corrected chi connectivity index (χ4v) is 3.74. The third kappa shape index (κ3) is 2.62. The zero-order valence-corrected chi connectivity index (χ0v) is 12.3. The van der Waals surface area contributed by atoms with Crippen molar-refractivity contribution >= 4 is 23.2 Å². The van der Waals surface area contributed by atoms with E-state index >= 15 is 0 Å². The Labute approximate surface area is 124 Å². The van der Waals surface area contributed by atoms with Crippen molar-refractivity contribution in [1.82, 2.24) is 9.88 Å². The number of piperidine rings is 1. The lowest BCUT2D eigenvalue weighted by atomic mass is 9.75. The minimum Gasteiger partial charge on any atom is -0.397 e. The van der Waals surface area contributed by atoms with Crippen molar-refractivity contribution in [3.8, 4) is 0 Å². The van der Waals surface area contributed by atoms with Crippen LogP contribution in [0.2, 0.25) is 5.15 Å². The summed E-state index contributed by atoms with van der Waals surface area (Å²) in [6.45, 7) is 1.70. The molecule has 1 amide bonds. The molecule has 2 atom stereocenters. The maximum atomic E-state index is 12.6. The first-order valence-corrected chi connectivity index (χ1v) is 7.73. The van der Waals surface area contributed by atoms with Crippen LogP contribution in [-0.2, 0) is 0 Å². The quantitative estimate of drug-likeness (QED) is 0.810. The number of anilines is 1. The molecule has 2 fully saturated rings. The summed E-state index contributed by atoms with van der Waals surface area (Å²) in [5.41, 5.74) is 6.75. The Morgan fingerprint density at radius 1 is 1.30 bits per heavy atom. The molecule has 1 aliphatic heterocycles. The summed E-state index contributed by atoms with van der Waals surface area (Å²) in [6, 6.07) is 1.58. The van der Waals surface area contributed by atoms with Crippen LogP contribution in [0.5, 0.6) is 0 Å². The van der Waals surface area contributed by atoms with Crippen molar-refractivity contribution in [3.63, 3.8) is 0 Å². The lowest BCUT2D eigenvalue weighted by molar-refractivity contribution is 0.0522. The van der Waals surface area contributed by atoms with Crippen LogP contribution in [0.15, 0.2) is 12.3 Å². The molecule has 4 nitrogen and oxygen atoms in total. The van der Waals surface area contributed by atoms with Crippen LogP contribution in [0.25, 0.3) is 0 Å². The number of amides is 1. The van der Waals surface area contributed by atoms with Gasteiger partial charge in [-0.1, -0.05) is 30.9 Å². The second-order valence-electron chi connectivity index (χ2n) is 5.94. The van der Waals surface area contributed by atoms with Gasteiger partial charge in [-0.25, -0.2) is 4.98 Å². The van der Waals surface area contributed by atoms with Gasteiger partial charge >= 0.3 is 0 Å². The van der Waals surface area contributed by atoms with Crippen LogP contribution in [0.4, 0.5) is 5.69 Å². The van der Waals surface area contributed by atoms with Gasteiger partial charge in [0.1, 0.15) is 5.15 Å². The number of nitrogens with zero attached hydrogens (tertiary/aromatic N) is 2. The van der Waals surface area contributed by atoms with Crippen molar-refractivity contribution in [2.75, 3.05) is 18.8 Å². The highest BCUT2D eigenvalue weighted by molar-refractivity contribution is 6.29. The Balaban J connectivity index is 1.76. The normalized spacial score (nSPS) is 26.1. The molecule has 1 saturated carbocycles. The van der Waals surface area contributed by atoms with Gasteiger partial charge in [-0.3, -0.25) is 4.79 Å². The van der Waals surface area contributed by atoms with Crippen molar-refractivity contribution in [2.45, 2.75) is 32.1 Å². The second-order valence-corrected chi connectivity index (χ2v) is 6.33. The number of pyridine rings is 1. The number of hydrogen-bond donors (Lipinski definition) is 1. The van der Waals surface area contributed by atoms with Crippen molar-refractivity contribution < 1.29 is 4.79 Å². The first-order chi connectivity index (χ1) is 9.65. The fraction of sp³-hybridized carbons (Fsp3) is 0.600. The summed E-state index contributed by atoms with van der Waals surface area (Å²) in [5.74, 6) is 1.47. The number of aromatic nitrogens is 1. The Morgan fingerprint density at radius 3 is 2.85 bits per heavy atom. The zero-order valence-electron chi connectivity index (χ0n) is 11.5. The smallest absolute Gasteiger partial charge is 0.256 e. The van der Waals surface area contributed by atoms with Crippen molar-refractivity contribution in [2.24, 2.45) is 11.8 Å². The second kappa shape index (κ2) is 5.60. The fourth-order valence-electron chi connectivity index (χ4n) is 3.58. The highest BCUT2D eigenvalue weighted by Crippen LogP contribution is 2.36. The third-order valence-electron chi connectivity index (χ3n) is 4.71. The molecule has 1 aromatic rings. The van der Waals surface area contributed by atoms with Gasteiger partial charge in [0, 0.05) is 13.1 Å². The molecular weight excluding hydrogens is 274 g/mol. The van der Waals surface area contributed by atoms with Gasteiger partial charge in [0.25, 0.3) is 5.91 Å². The van der Waals surface area contributed by atoms with Gasteiger partial charge in [-0.2, -0.15) is 0 Å². The molecular formula is C15H20ClN3O. The largest absolute Gasteiger partial charge is 0.397 e. The van der Waals surface area contributed by atoms with Gasteiger partial charge in [0.15, 0.2) is 0 Å². The number of hydrogen-bond acceptors (Lipinski definition) is 3. The molecule has 0 radical (unpaired) electrons. The zero-order chi connectivity index (χ0) is 14.1. The minimum atomic E-state index is -0.00387. The molecule has 0 aromatic carbocycles. The van der Waals surface area contributed by atoms with Crippen molar-refractivity contribution in [3.05, 3.63) is 23.0 Å². The number of nitrogens with two attached hydrogens (primary N) is 1. The molecule has 2 unspecified atom stereocenters. The summed E-state index contributed by atoms with van der Waals surface area (Å²) < 4.78 is 0. The Hall–Kier alpha value is -1.29. The van der Waals surface area contributed by atoms with E-state index in [0.29, 0.717) is 22.3 Å². The molecule has 1 aromatic heterocycles. The summed E-state index contributed by atoms with van der Waals surface area (Å²) in [7, 11) is 0. The van der Waals surface area contributed by atoms with Gasteiger partial charge < -0.3 is 10.6 Å². The molecule has 1 aliphatic carbocycles. The number of rotatable bonds is 1. The summed E-state index contributed by atoms with van der Waals surface area (Å²) >= 11 is 5.87. The van der Waals surface area contributed by atoms with E-state index in [0.717, 1.165) is 25.4 Å². The SMILES string of the molecule is Nc1cnc(Cl)cc1C(=O)N1CCC2CCCCC2C1. The van der Waals surface area contributed by atoms with E-state index in [2.05, 4.69) is 4.98 Å². The summed E-state index contributed by atoms with van der Waals surface area (Å²) in [4.78, 5) is 18.4. The monoisotopic (exact) mass is 293 g/mol. The van der Waals surface area contributed by atoms with E-state index in [9.17, 15) is 4.79 Å². The molecule has 0 bridgehead atoms. The molecule has 2 N–H and O–H groups in total. The highest BCUT2D eigenvalue weighted by Gasteiger charge is 2.33. The van der Waals surface area contributed by atoms with Crippen LogP contribution in [0.1, 0.15) is 42.5 Å². The molecule has 2 heterocycles. The van der Waals surface area contributed by atoms with E-state index in [1.54, 1.807) is 6.07 Å². The van der Waals surface area contributed by atoms with Crippen LogP contribution in [0, 0.1) is 11.8 Å².